The van der Waals surface area contributed by atoms with E-state index < -0.39 is 12.2 Å². The number of urea groups is 1. The van der Waals surface area contributed by atoms with E-state index in [1.807, 2.05) is 79.5 Å². The lowest BCUT2D eigenvalue weighted by Gasteiger charge is -2.46. The molecule has 0 radical (unpaired) electrons. The zero-order valence-electron chi connectivity index (χ0n) is 26.3. The molecule has 3 aromatic carbocycles. The largest absolute Gasteiger partial charge is 0.508 e. The molecule has 0 spiro atoms. The van der Waals surface area contributed by atoms with Crippen LogP contribution in [-0.4, -0.2) is 93.7 Å². The van der Waals surface area contributed by atoms with E-state index in [1.165, 1.54) is 0 Å². The number of nitrogens with zero attached hydrogens (tertiary/aromatic N) is 6. The van der Waals surface area contributed by atoms with Crippen molar-refractivity contribution in [3.05, 3.63) is 89.5 Å². The summed E-state index contributed by atoms with van der Waals surface area (Å²) in [5.41, 5.74) is 3.58. The van der Waals surface area contributed by atoms with Gasteiger partial charge in [-0.25, -0.2) is 9.78 Å². The van der Waals surface area contributed by atoms with E-state index in [1.54, 1.807) is 50.4 Å². The second kappa shape index (κ2) is 13.4. The fourth-order valence-corrected chi connectivity index (χ4v) is 7.12. The van der Waals surface area contributed by atoms with Crippen LogP contribution in [-0.2, 0) is 29.1 Å². The summed E-state index contributed by atoms with van der Waals surface area (Å²) in [6.45, 7) is 3.32. The highest BCUT2D eigenvalue weighted by Crippen LogP contribution is 2.33. The van der Waals surface area contributed by atoms with E-state index >= 15 is 0 Å². The molecule has 2 atom stereocenters. The highest BCUT2D eigenvalue weighted by Gasteiger charge is 2.52. The number of piperazine rings is 1. The molecule has 2 aliphatic rings. The highest BCUT2D eigenvalue weighted by atomic mass is 32.1. The van der Waals surface area contributed by atoms with E-state index in [-0.39, 0.29) is 43.1 Å². The average molecular weight is 642 g/mol. The number of carbonyl (C=O) groups excluding carboxylic acids is 3. The van der Waals surface area contributed by atoms with Crippen molar-refractivity contribution in [2.45, 2.75) is 45.1 Å². The van der Waals surface area contributed by atoms with Crippen LogP contribution in [0.15, 0.2) is 72.8 Å². The zero-order chi connectivity index (χ0) is 32.4. The van der Waals surface area contributed by atoms with Crippen molar-refractivity contribution in [1.29, 1.82) is 0 Å². The zero-order valence-corrected chi connectivity index (χ0v) is 27.1. The van der Waals surface area contributed by atoms with E-state index in [4.69, 9.17) is 4.98 Å². The number of hydrazine groups is 1. The number of fused-ring (bicyclic) bond motifs is 2. The number of amides is 4. The van der Waals surface area contributed by atoms with Crippen molar-refractivity contribution in [2.24, 2.45) is 0 Å². The first-order valence-corrected chi connectivity index (χ1v) is 16.3. The van der Waals surface area contributed by atoms with E-state index in [9.17, 15) is 19.5 Å². The van der Waals surface area contributed by atoms with Gasteiger partial charge >= 0.3 is 6.03 Å². The number of thiazole rings is 1. The molecular weight excluding hydrogens is 602 g/mol. The molecule has 2 fully saturated rings. The molecule has 11 nitrogen and oxygen atoms in total. The maximum absolute atomic E-state index is 14.3. The number of rotatable bonds is 10. The van der Waals surface area contributed by atoms with Crippen LogP contribution in [0.3, 0.4) is 0 Å². The number of aromatic nitrogens is 1. The van der Waals surface area contributed by atoms with Gasteiger partial charge in [0.25, 0.3) is 0 Å². The Morgan fingerprint density at radius 2 is 1.78 bits per heavy atom. The summed E-state index contributed by atoms with van der Waals surface area (Å²) in [6, 6.07) is 21.4. The Bertz CT molecular complexity index is 1710. The monoisotopic (exact) mass is 641 g/mol. The summed E-state index contributed by atoms with van der Waals surface area (Å²) in [6.07, 6.45) is 0.439. The van der Waals surface area contributed by atoms with Crippen LogP contribution in [0.4, 0.5) is 9.93 Å². The van der Waals surface area contributed by atoms with Crippen LogP contribution in [0.2, 0.25) is 0 Å². The van der Waals surface area contributed by atoms with Gasteiger partial charge in [-0.3, -0.25) is 14.6 Å². The highest BCUT2D eigenvalue weighted by molar-refractivity contribution is 7.22. The van der Waals surface area contributed by atoms with Gasteiger partial charge < -0.3 is 25.1 Å². The SMILES string of the molecule is CCCN(C(=O)NCc1ccccc1)N1CC(=O)N2[C@@H](Cc3ccc(O)cc3)C(=O)N(Cc3cccc4sc(N(C)C)nc34)C[C@@H]21. The van der Waals surface area contributed by atoms with E-state index in [0.29, 0.717) is 26.1 Å². The number of anilines is 1. The van der Waals surface area contributed by atoms with Gasteiger partial charge in [0.1, 0.15) is 18.0 Å². The summed E-state index contributed by atoms with van der Waals surface area (Å²) < 4.78 is 1.04. The molecule has 6 rings (SSSR count). The van der Waals surface area contributed by atoms with Crippen molar-refractivity contribution in [2.75, 3.05) is 38.6 Å². The van der Waals surface area contributed by atoms with Crippen molar-refractivity contribution < 1.29 is 19.5 Å². The smallest absolute Gasteiger partial charge is 0.332 e. The van der Waals surface area contributed by atoms with Gasteiger partial charge in [-0.05, 0) is 41.3 Å². The van der Waals surface area contributed by atoms with Crippen molar-refractivity contribution in [3.8, 4) is 5.75 Å². The summed E-state index contributed by atoms with van der Waals surface area (Å²) in [7, 11) is 3.91. The van der Waals surface area contributed by atoms with Crippen LogP contribution in [0.25, 0.3) is 10.2 Å². The minimum atomic E-state index is -0.774. The Hall–Kier alpha value is -4.68. The Morgan fingerprint density at radius 3 is 2.50 bits per heavy atom. The molecule has 240 valence electrons. The lowest BCUT2D eigenvalue weighted by atomic mass is 9.99. The molecular formula is C34H39N7O4S. The molecule has 4 amide bonds. The molecule has 4 aromatic rings. The fourth-order valence-electron chi connectivity index (χ4n) is 6.19. The maximum Gasteiger partial charge on any atom is 0.332 e. The van der Waals surface area contributed by atoms with Crippen molar-refractivity contribution in [3.63, 3.8) is 0 Å². The fraction of sp³-hybridized carbons (Fsp3) is 0.353. The van der Waals surface area contributed by atoms with Gasteiger partial charge in [-0.15, -0.1) is 0 Å². The molecule has 3 heterocycles. The van der Waals surface area contributed by atoms with Gasteiger partial charge in [0, 0.05) is 40.2 Å². The average Bonchev–Trinajstić information content (AvgIpc) is 3.64. The number of para-hydroxylation sites is 1. The lowest BCUT2D eigenvalue weighted by Crippen LogP contribution is -2.66. The van der Waals surface area contributed by atoms with Gasteiger partial charge in [-0.1, -0.05) is 72.9 Å². The number of hydrogen-bond acceptors (Lipinski definition) is 8. The van der Waals surface area contributed by atoms with Crippen LogP contribution < -0.4 is 10.2 Å². The third-order valence-electron chi connectivity index (χ3n) is 8.43. The molecule has 2 saturated heterocycles. The Morgan fingerprint density at radius 1 is 1.02 bits per heavy atom. The second-order valence-electron chi connectivity index (χ2n) is 11.9. The van der Waals surface area contributed by atoms with E-state index in [2.05, 4.69) is 5.32 Å². The standard InChI is InChI=1S/C34H39N7O4S/c1-4-17-39(33(45)35-19-24-9-6-5-7-10-24)40-22-30(43)41-27(18-23-13-15-26(42)16-14-23)32(44)38(21-29(40)41)20-25-11-8-12-28-31(25)36-34(46-28)37(2)3/h5-16,27,29,42H,4,17-22H2,1-3H3,(H,35,45)/t27-,29+/m0/s1. The number of aromatic hydroxyl groups is 1. The minimum absolute atomic E-state index is 0.00944. The molecule has 2 aliphatic heterocycles. The first kappa shape index (κ1) is 31.3. The summed E-state index contributed by atoms with van der Waals surface area (Å²) in [5, 5.41) is 17.2. The normalized spacial score (nSPS) is 18.2. The van der Waals surface area contributed by atoms with Crippen LogP contribution in [0.5, 0.6) is 5.75 Å². The molecule has 12 heteroatoms. The molecule has 0 unspecified atom stereocenters. The molecule has 0 aliphatic carbocycles. The topological polar surface area (TPSA) is 113 Å². The third-order valence-corrected chi connectivity index (χ3v) is 9.62. The summed E-state index contributed by atoms with van der Waals surface area (Å²) in [4.78, 5) is 52.0. The van der Waals surface area contributed by atoms with Crippen molar-refractivity contribution >= 4 is 44.5 Å². The van der Waals surface area contributed by atoms with Crippen LogP contribution in [0, 0.1) is 0 Å². The van der Waals surface area contributed by atoms with Gasteiger partial charge in [0.2, 0.25) is 11.8 Å². The molecule has 2 N–H and O–H groups in total. The predicted octanol–water partition coefficient (Wildman–Crippen LogP) is 4.03. The van der Waals surface area contributed by atoms with Gasteiger partial charge in [-0.2, -0.15) is 5.01 Å². The van der Waals surface area contributed by atoms with Crippen LogP contribution in [0.1, 0.15) is 30.0 Å². The van der Waals surface area contributed by atoms with Gasteiger partial charge in [0.05, 0.1) is 23.3 Å². The molecule has 0 bridgehead atoms. The number of benzene rings is 3. The third kappa shape index (κ3) is 6.35. The van der Waals surface area contributed by atoms with Gasteiger partial charge in [0.15, 0.2) is 5.13 Å². The summed E-state index contributed by atoms with van der Waals surface area (Å²) in [5.74, 6) is -0.224. The first-order valence-electron chi connectivity index (χ1n) is 15.5. The molecule has 46 heavy (non-hydrogen) atoms. The number of carbonyl (C=O) groups is 3. The molecule has 1 aromatic heterocycles. The number of nitrogens with one attached hydrogen (secondary N) is 1. The van der Waals surface area contributed by atoms with Crippen LogP contribution >= 0.6 is 11.3 Å². The maximum atomic E-state index is 14.3. The number of phenols is 1. The van der Waals surface area contributed by atoms with E-state index in [0.717, 1.165) is 32.0 Å². The first-order chi connectivity index (χ1) is 22.2. The molecule has 0 saturated carbocycles. The Kier molecular flexibility index (Phi) is 9.09. The van der Waals surface area contributed by atoms with Crippen molar-refractivity contribution in [1.82, 2.24) is 30.1 Å². The lowest BCUT2D eigenvalue weighted by molar-refractivity contribution is -0.157. The predicted molar refractivity (Wildman–Crippen MR) is 178 cm³/mol. The number of hydrogen-bond donors (Lipinski definition) is 2. The Labute approximate surface area is 272 Å². The quantitative estimate of drug-likeness (QED) is 0.269. The minimum Gasteiger partial charge on any atom is -0.508 e. The number of phenolic OH excluding ortho intramolecular Hbond substituents is 1. The summed E-state index contributed by atoms with van der Waals surface area (Å²) >= 11 is 1.60. The Balaban J connectivity index is 1.32. The second-order valence-corrected chi connectivity index (χ2v) is 12.9.